The third kappa shape index (κ3) is 0.929. The highest BCUT2D eigenvalue weighted by Gasteiger charge is 2.05. The van der Waals surface area contributed by atoms with Crippen LogP contribution < -0.4 is 5.32 Å². The van der Waals surface area contributed by atoms with Crippen LogP contribution in [0.1, 0.15) is 12.5 Å². The van der Waals surface area contributed by atoms with Gasteiger partial charge in [0.2, 0.25) is 0 Å². The number of rotatable bonds is 0. The van der Waals surface area contributed by atoms with Gasteiger partial charge < -0.3 is 5.32 Å². The quantitative estimate of drug-likeness (QED) is 0.566. The van der Waals surface area contributed by atoms with Crippen molar-refractivity contribution in [3.8, 4) is 0 Å². The number of hydrogen-bond donors (Lipinski definition) is 1. The van der Waals surface area contributed by atoms with Crippen LogP contribution in [0.3, 0.4) is 0 Å². The average molecular weight is 135 g/mol. The maximum Gasteiger partial charge on any atom is 0.0431 e. The second kappa shape index (κ2) is 2.43. The van der Waals surface area contributed by atoms with Gasteiger partial charge in [-0.15, -0.1) is 0 Å². The highest BCUT2D eigenvalue weighted by Crippen LogP contribution is 2.11. The molecule has 2 rings (SSSR count). The molecule has 0 aromatic heterocycles. The lowest BCUT2D eigenvalue weighted by Gasteiger charge is -2.15. The molecule has 10 heavy (non-hydrogen) atoms. The second-order valence-electron chi connectivity index (χ2n) is 2.56. The van der Waals surface area contributed by atoms with Gasteiger partial charge in [-0.2, -0.15) is 0 Å². The lowest BCUT2D eigenvalue weighted by molar-refractivity contribution is 0.644. The summed E-state index contributed by atoms with van der Waals surface area (Å²) in [5.74, 6) is 0. The van der Waals surface area contributed by atoms with Crippen LogP contribution in [0.2, 0.25) is 0 Å². The first-order valence-electron chi connectivity index (χ1n) is 4.16. The van der Waals surface area contributed by atoms with Crippen LogP contribution in [0, 0.1) is 0 Å². The normalized spacial score (nSPS) is 25.2. The zero-order chi connectivity index (χ0) is 7.68. The average Bonchev–Trinajstić information content (AvgIpc) is 2.04. The van der Waals surface area contributed by atoms with Crippen molar-refractivity contribution in [2.45, 2.75) is 13.0 Å². The monoisotopic (exact) mass is 135 g/mol. The minimum absolute atomic E-state index is 0.107. The molecule has 0 saturated heterocycles. The number of fused-ring (bicyclic) bond motifs is 1. The molecule has 0 radical (unpaired) electrons. The third-order valence-electron chi connectivity index (χ3n) is 1.88. The van der Waals surface area contributed by atoms with E-state index in [0.29, 0.717) is 0 Å². The zero-order valence-corrected chi connectivity index (χ0v) is 5.80. The first kappa shape index (κ1) is 4.91. The van der Waals surface area contributed by atoms with E-state index in [9.17, 15) is 0 Å². The van der Waals surface area contributed by atoms with Gasteiger partial charge in [-0.1, -0.05) is 24.3 Å². The molecule has 52 valence electrons. The summed E-state index contributed by atoms with van der Waals surface area (Å²) in [6.45, 7) is 0.745. The van der Waals surface area contributed by atoms with Crippen LogP contribution >= 0.6 is 0 Å². The Hall–Kier alpha value is -0.820. The van der Waals surface area contributed by atoms with Crippen LogP contribution in [-0.4, -0.2) is 6.52 Å². The van der Waals surface area contributed by atoms with Crippen molar-refractivity contribution in [1.29, 1.82) is 0 Å². The molecule has 0 saturated carbocycles. The lowest BCUT2D eigenvalue weighted by atomic mass is 10.0. The molecule has 1 aromatic rings. The van der Waals surface area contributed by atoms with E-state index in [1.54, 1.807) is 0 Å². The summed E-state index contributed by atoms with van der Waals surface area (Å²) >= 11 is 0. The first-order valence-corrected chi connectivity index (χ1v) is 3.58. The van der Waals surface area contributed by atoms with Crippen LogP contribution in [0.5, 0.6) is 0 Å². The summed E-state index contributed by atoms with van der Waals surface area (Å²) in [6.07, 6.45) is 0.843. The predicted molar refractivity (Wildman–Crippen MR) is 41.9 cm³/mol. The van der Waals surface area contributed by atoms with Gasteiger partial charge in [-0.3, -0.25) is 0 Å². The van der Waals surface area contributed by atoms with E-state index in [1.807, 2.05) is 12.1 Å². The number of benzene rings is 1. The largest absolute Gasteiger partial charge is 0.312 e. The maximum atomic E-state index is 7.49. The lowest BCUT2D eigenvalue weighted by Crippen LogP contribution is -2.23. The minimum atomic E-state index is -0.107. The first-order chi connectivity index (χ1) is 5.36. The van der Waals surface area contributed by atoms with E-state index in [0.717, 1.165) is 13.0 Å². The minimum Gasteiger partial charge on any atom is -0.312 e. The van der Waals surface area contributed by atoms with Crippen molar-refractivity contribution in [1.82, 2.24) is 5.32 Å². The van der Waals surface area contributed by atoms with Crippen LogP contribution in [0.4, 0.5) is 0 Å². The summed E-state index contributed by atoms with van der Waals surface area (Å²) in [7, 11) is 0. The molecule has 0 bridgehead atoms. The van der Waals surface area contributed by atoms with Gasteiger partial charge in [0.15, 0.2) is 0 Å². The molecule has 1 atom stereocenters. The highest BCUT2D eigenvalue weighted by molar-refractivity contribution is 5.28. The highest BCUT2D eigenvalue weighted by atomic mass is 14.9. The zero-order valence-electron chi connectivity index (χ0n) is 6.80. The second-order valence-corrected chi connectivity index (χ2v) is 2.56. The number of hydrogen-bond acceptors (Lipinski definition) is 1. The molecule has 0 aliphatic carbocycles. The standard InChI is InChI=1S/C9H11N/c1-2-4-9-7-10-6-5-8(9)3-1/h1-4,10H,5-7H2/i6T. The Morgan fingerprint density at radius 1 is 1.30 bits per heavy atom. The number of aryl methyl sites for hydroxylation is 1. The Kier molecular flexibility index (Phi) is 1.19. The Labute approximate surface area is 62.5 Å². The van der Waals surface area contributed by atoms with Gasteiger partial charge in [-0.25, -0.2) is 0 Å². The SMILES string of the molecule is [3H]C1Cc2ccccc2CN1. The van der Waals surface area contributed by atoms with Gasteiger partial charge >= 0.3 is 0 Å². The summed E-state index contributed by atoms with van der Waals surface area (Å²) in [6, 6.07) is 8.31. The van der Waals surface area contributed by atoms with Crippen molar-refractivity contribution >= 4 is 0 Å². The van der Waals surface area contributed by atoms with Gasteiger partial charge in [-0.05, 0) is 24.1 Å². The van der Waals surface area contributed by atoms with E-state index in [1.165, 1.54) is 11.1 Å². The molecule has 0 spiro atoms. The Bertz CT molecular complexity index is 259. The molecule has 1 unspecified atom stereocenters. The van der Waals surface area contributed by atoms with Gasteiger partial charge in [0.25, 0.3) is 0 Å². The topological polar surface area (TPSA) is 12.0 Å². The van der Waals surface area contributed by atoms with E-state index >= 15 is 0 Å². The van der Waals surface area contributed by atoms with Crippen molar-refractivity contribution < 1.29 is 1.37 Å². The summed E-state index contributed by atoms with van der Waals surface area (Å²) in [4.78, 5) is 0. The Morgan fingerprint density at radius 3 is 3.00 bits per heavy atom. The molecule has 1 heterocycles. The molecule has 1 heteroatoms. The van der Waals surface area contributed by atoms with Crippen molar-refractivity contribution in [2.75, 3.05) is 6.52 Å². The van der Waals surface area contributed by atoms with E-state index < -0.39 is 0 Å². The van der Waals surface area contributed by atoms with Crippen LogP contribution in [0.15, 0.2) is 24.3 Å². The Balaban J connectivity index is 2.34. The fourth-order valence-corrected chi connectivity index (χ4v) is 1.29. The molecule has 1 aliphatic rings. The van der Waals surface area contributed by atoms with Gasteiger partial charge in [0.1, 0.15) is 0 Å². The summed E-state index contributed by atoms with van der Waals surface area (Å²) in [5, 5.41) is 3.10. The Morgan fingerprint density at radius 2 is 2.10 bits per heavy atom. The molecular weight excluding hydrogens is 122 g/mol. The van der Waals surface area contributed by atoms with Gasteiger partial charge in [0, 0.05) is 7.92 Å². The number of nitrogens with one attached hydrogen (secondary N) is 1. The fraction of sp³-hybridized carbons (Fsp3) is 0.333. The van der Waals surface area contributed by atoms with E-state index in [4.69, 9.17) is 1.37 Å². The maximum absolute atomic E-state index is 7.49. The smallest absolute Gasteiger partial charge is 0.0431 e. The molecule has 1 N–H and O–H groups in total. The summed E-state index contributed by atoms with van der Waals surface area (Å²) < 4.78 is 7.49. The van der Waals surface area contributed by atoms with E-state index in [-0.39, 0.29) is 6.52 Å². The van der Waals surface area contributed by atoms with Crippen molar-refractivity contribution in [3.05, 3.63) is 35.4 Å². The third-order valence-corrected chi connectivity index (χ3v) is 1.88. The molecular formula is C9H11N. The van der Waals surface area contributed by atoms with Crippen LogP contribution in [-0.2, 0) is 13.0 Å². The fourth-order valence-electron chi connectivity index (χ4n) is 1.29. The molecule has 1 aromatic carbocycles. The molecule has 1 nitrogen and oxygen atoms in total. The predicted octanol–water partition coefficient (Wildman–Crippen LogP) is 1.33. The van der Waals surface area contributed by atoms with Crippen LogP contribution in [0.25, 0.3) is 0 Å². The van der Waals surface area contributed by atoms with Crippen molar-refractivity contribution in [3.63, 3.8) is 0 Å². The molecule has 1 aliphatic heterocycles. The van der Waals surface area contributed by atoms with E-state index in [2.05, 4.69) is 17.4 Å². The summed E-state index contributed by atoms with van der Waals surface area (Å²) in [5.41, 5.74) is 2.67. The molecule has 0 fully saturated rings. The molecule has 0 amide bonds. The van der Waals surface area contributed by atoms with Crippen molar-refractivity contribution in [2.24, 2.45) is 0 Å². The van der Waals surface area contributed by atoms with Gasteiger partial charge in [0.05, 0.1) is 0 Å².